The molecule has 4 saturated carbocycles. The molecular weight excluding hydrogens is 628 g/mol. The number of amides is 1. The molecule has 8 nitrogen and oxygen atoms in total. The van der Waals surface area contributed by atoms with Crippen molar-refractivity contribution in [2.45, 2.75) is 163 Å². The molecule has 1 aliphatic heterocycles. The van der Waals surface area contributed by atoms with E-state index in [4.69, 9.17) is 4.74 Å². The molecule has 1 amide bonds. The van der Waals surface area contributed by atoms with E-state index in [1.54, 1.807) is 13.8 Å². The molecule has 280 valence electrons. The minimum Gasteiger partial charge on any atom is -0.481 e. The lowest BCUT2D eigenvalue weighted by Gasteiger charge is -2.72. The predicted octanol–water partition coefficient (Wildman–Crippen LogP) is 7.73. The van der Waals surface area contributed by atoms with Gasteiger partial charge in [0.1, 0.15) is 6.10 Å². The largest absolute Gasteiger partial charge is 0.481 e. The second-order valence-electron chi connectivity index (χ2n) is 20.0. The topological polar surface area (TPSA) is 113 Å². The van der Waals surface area contributed by atoms with E-state index in [0.717, 1.165) is 82.7 Å². The molecule has 1 saturated heterocycles. The third kappa shape index (κ3) is 5.54. The molecule has 8 heteroatoms. The number of hydrogen-bond acceptors (Lipinski definition) is 6. The first-order chi connectivity index (χ1) is 23.1. The van der Waals surface area contributed by atoms with Gasteiger partial charge < -0.3 is 15.2 Å². The lowest BCUT2D eigenvalue weighted by molar-refractivity contribution is -0.232. The number of fused-ring (bicyclic) bond motifs is 7. The van der Waals surface area contributed by atoms with Gasteiger partial charge in [-0.05, 0) is 143 Å². The molecule has 9 atom stereocenters. The van der Waals surface area contributed by atoms with Crippen LogP contribution in [0.15, 0.2) is 11.1 Å². The third-order valence-electron chi connectivity index (χ3n) is 16.2. The van der Waals surface area contributed by atoms with Gasteiger partial charge in [0.25, 0.3) is 0 Å². The summed E-state index contributed by atoms with van der Waals surface area (Å²) in [4.78, 5) is 55.0. The van der Waals surface area contributed by atoms with Crippen LogP contribution in [0.3, 0.4) is 0 Å². The lowest BCUT2D eigenvalue weighted by Crippen LogP contribution is -2.67. The number of ketones is 1. The highest BCUT2D eigenvalue weighted by molar-refractivity contribution is 6.02. The molecule has 50 heavy (non-hydrogen) atoms. The Morgan fingerprint density at radius 3 is 2.26 bits per heavy atom. The standard InChI is InChI=1S/C42H66N2O6/c1-25(2)33-28(45)23-42(43-35(47)27-13-11-12-22-44(27)10)21-20-40(8)26(34(33)42)14-15-30-39(7)18-17-31(50-32(46)24-37(3,4)36(48)49)38(5,6)29(39)16-19-41(30,40)9/h25-27,29-31H,11-24H2,1-10H3,(H,43,47)(H,48,49)/t26-,27-,29?,30?,31+,39+,40-,41-,42-/m1/s1. The Labute approximate surface area is 301 Å². The Bertz CT molecular complexity index is 1460. The molecule has 1 heterocycles. The number of allylic oxidation sites excluding steroid dienone is 1. The van der Waals surface area contributed by atoms with Crippen molar-refractivity contribution >= 4 is 23.6 Å². The number of Topliss-reactive ketones (excluding diaryl/α,β-unsaturated/α-hetero) is 1. The number of esters is 1. The average Bonchev–Trinajstić information content (AvgIpc) is 3.30. The molecule has 2 unspecified atom stereocenters. The zero-order valence-electron chi connectivity index (χ0n) is 32.8. The summed E-state index contributed by atoms with van der Waals surface area (Å²) in [6.07, 6.45) is 11.0. The molecule has 5 fully saturated rings. The molecule has 0 aromatic carbocycles. The zero-order chi connectivity index (χ0) is 36.8. The van der Waals surface area contributed by atoms with Gasteiger partial charge in [0.05, 0.1) is 23.4 Å². The van der Waals surface area contributed by atoms with Crippen LogP contribution in [0.4, 0.5) is 0 Å². The number of carboxylic acids is 1. The number of hydrogen-bond donors (Lipinski definition) is 2. The van der Waals surface area contributed by atoms with E-state index in [1.165, 1.54) is 5.57 Å². The van der Waals surface area contributed by atoms with Crippen molar-refractivity contribution in [3.05, 3.63) is 11.1 Å². The zero-order valence-corrected chi connectivity index (χ0v) is 32.8. The van der Waals surface area contributed by atoms with E-state index in [-0.39, 0.29) is 63.8 Å². The summed E-state index contributed by atoms with van der Waals surface area (Å²) in [5.41, 5.74) is 0.441. The van der Waals surface area contributed by atoms with Crippen molar-refractivity contribution < 1.29 is 29.0 Å². The highest BCUT2D eigenvalue weighted by Gasteiger charge is 2.70. The fraction of sp³-hybridized carbons (Fsp3) is 0.857. The number of nitrogens with zero attached hydrogens (tertiary/aromatic N) is 1. The summed E-state index contributed by atoms with van der Waals surface area (Å²) >= 11 is 0. The summed E-state index contributed by atoms with van der Waals surface area (Å²) in [7, 11) is 2.06. The van der Waals surface area contributed by atoms with Crippen molar-refractivity contribution in [3.8, 4) is 0 Å². The van der Waals surface area contributed by atoms with Crippen molar-refractivity contribution in [2.24, 2.45) is 50.7 Å². The van der Waals surface area contributed by atoms with Crippen LogP contribution < -0.4 is 5.32 Å². The quantitative estimate of drug-likeness (QED) is 0.262. The number of aliphatic carboxylic acids is 1. The van der Waals surface area contributed by atoms with Gasteiger partial charge >= 0.3 is 11.9 Å². The van der Waals surface area contributed by atoms with E-state index in [1.807, 2.05) is 0 Å². The molecule has 2 N–H and O–H groups in total. The fourth-order valence-corrected chi connectivity index (χ4v) is 13.3. The normalized spacial score (nSPS) is 41.5. The predicted molar refractivity (Wildman–Crippen MR) is 194 cm³/mol. The number of likely N-dealkylation sites (N-methyl/N-ethyl adjacent to an activating group) is 1. The summed E-state index contributed by atoms with van der Waals surface area (Å²) in [6, 6.07) is -0.129. The Kier molecular flexibility index (Phi) is 9.34. The Morgan fingerprint density at radius 2 is 1.62 bits per heavy atom. The molecule has 6 rings (SSSR count). The van der Waals surface area contributed by atoms with E-state index in [2.05, 4.69) is 65.7 Å². The SMILES string of the molecule is CC(C)C1=C2[C@H]3CCC4[C@@]5(C)CC[C@H](OC(=O)CC(C)(C)C(=O)O)C(C)(C)C5CC[C@@]4(C)[C@]3(C)CC[C@@]2(NC(=O)[C@H]2CCCCN2C)CC1=O. The van der Waals surface area contributed by atoms with Crippen molar-refractivity contribution in [1.29, 1.82) is 0 Å². The molecule has 6 aliphatic rings. The van der Waals surface area contributed by atoms with Gasteiger partial charge in [-0.2, -0.15) is 0 Å². The van der Waals surface area contributed by atoms with Gasteiger partial charge in [0, 0.05) is 11.8 Å². The van der Waals surface area contributed by atoms with Crippen LogP contribution in [0.1, 0.15) is 146 Å². The highest BCUT2D eigenvalue weighted by atomic mass is 16.5. The summed E-state index contributed by atoms with van der Waals surface area (Å²) < 4.78 is 6.16. The maximum Gasteiger partial charge on any atom is 0.309 e. The van der Waals surface area contributed by atoms with Gasteiger partial charge in [-0.25, -0.2) is 0 Å². The van der Waals surface area contributed by atoms with Crippen LogP contribution in [0.25, 0.3) is 0 Å². The highest BCUT2D eigenvalue weighted by Crippen LogP contribution is 2.76. The minimum absolute atomic E-state index is 0.00425. The van der Waals surface area contributed by atoms with E-state index in [9.17, 15) is 24.3 Å². The first kappa shape index (κ1) is 37.5. The van der Waals surface area contributed by atoms with Crippen LogP contribution in [-0.4, -0.2) is 64.9 Å². The second-order valence-corrected chi connectivity index (χ2v) is 20.0. The molecule has 0 aromatic heterocycles. The number of carbonyl (C=O) groups excluding carboxylic acids is 3. The molecular formula is C42H66N2O6. The number of likely N-dealkylation sites (tertiary alicyclic amines) is 1. The second kappa shape index (κ2) is 12.4. The van der Waals surface area contributed by atoms with Gasteiger partial charge in [-0.3, -0.25) is 24.1 Å². The van der Waals surface area contributed by atoms with E-state index < -0.39 is 22.9 Å². The van der Waals surface area contributed by atoms with Crippen LogP contribution >= 0.6 is 0 Å². The van der Waals surface area contributed by atoms with Crippen molar-refractivity contribution in [2.75, 3.05) is 13.6 Å². The molecule has 0 spiro atoms. The number of nitrogens with one attached hydrogen (secondary N) is 1. The molecule has 0 aromatic rings. The third-order valence-corrected chi connectivity index (χ3v) is 16.2. The molecule has 5 aliphatic carbocycles. The van der Waals surface area contributed by atoms with Crippen LogP contribution in [0, 0.1) is 50.7 Å². The first-order valence-corrected chi connectivity index (χ1v) is 19.9. The number of piperidine rings is 1. The number of carbonyl (C=O) groups is 4. The summed E-state index contributed by atoms with van der Waals surface area (Å²) in [5.74, 6) is 0.184. The van der Waals surface area contributed by atoms with Crippen molar-refractivity contribution in [1.82, 2.24) is 10.2 Å². The van der Waals surface area contributed by atoms with Gasteiger partial charge in [-0.15, -0.1) is 0 Å². The molecule has 0 bridgehead atoms. The lowest BCUT2D eigenvalue weighted by atomic mass is 9.33. The Balaban J connectivity index is 1.29. The maximum atomic E-state index is 14.0. The van der Waals surface area contributed by atoms with E-state index in [0.29, 0.717) is 18.3 Å². The number of rotatable bonds is 7. The van der Waals surface area contributed by atoms with Crippen molar-refractivity contribution in [3.63, 3.8) is 0 Å². The van der Waals surface area contributed by atoms with Gasteiger partial charge in [0.15, 0.2) is 5.78 Å². The smallest absolute Gasteiger partial charge is 0.309 e. The fourth-order valence-electron chi connectivity index (χ4n) is 13.3. The van der Waals surface area contributed by atoms with E-state index >= 15 is 0 Å². The van der Waals surface area contributed by atoms with Gasteiger partial charge in [-0.1, -0.05) is 54.9 Å². The van der Waals surface area contributed by atoms with Gasteiger partial charge in [0.2, 0.25) is 5.91 Å². The number of ether oxygens (including phenoxy) is 1. The molecule has 0 radical (unpaired) electrons. The van der Waals surface area contributed by atoms with Crippen LogP contribution in [-0.2, 0) is 23.9 Å². The average molecular weight is 695 g/mol. The Morgan fingerprint density at radius 1 is 0.920 bits per heavy atom. The maximum absolute atomic E-state index is 14.0. The first-order valence-electron chi connectivity index (χ1n) is 19.9. The monoisotopic (exact) mass is 694 g/mol. The summed E-state index contributed by atoms with van der Waals surface area (Å²) in [5, 5.41) is 13.2. The summed E-state index contributed by atoms with van der Waals surface area (Å²) in [6.45, 7) is 20.6. The number of carboxylic acid groups (broad SMARTS) is 1. The van der Waals surface area contributed by atoms with Crippen LogP contribution in [0.5, 0.6) is 0 Å². The van der Waals surface area contributed by atoms with Crippen LogP contribution in [0.2, 0.25) is 0 Å². The minimum atomic E-state index is -1.16. The Hall–Kier alpha value is -2.22.